The number of esters is 1. The second kappa shape index (κ2) is 7.13. The van der Waals surface area contributed by atoms with Crippen molar-refractivity contribution in [2.45, 2.75) is 13.0 Å². The fourth-order valence-corrected chi connectivity index (χ4v) is 3.15. The smallest absolute Gasteiger partial charge is 0.338 e. The number of amides is 1. The number of halogens is 1. The van der Waals surface area contributed by atoms with Crippen LogP contribution in [0.2, 0.25) is 5.02 Å². The van der Waals surface area contributed by atoms with Gasteiger partial charge in [0.1, 0.15) is 0 Å². The maximum atomic E-state index is 12.9. The molecule has 1 aliphatic rings. The monoisotopic (exact) mass is 374 g/mol. The van der Waals surface area contributed by atoms with E-state index in [9.17, 15) is 19.7 Å². The van der Waals surface area contributed by atoms with E-state index in [0.717, 1.165) is 17.2 Å². The van der Waals surface area contributed by atoms with Crippen molar-refractivity contribution in [3.05, 3.63) is 73.8 Å². The lowest BCUT2D eigenvalue weighted by Gasteiger charge is -2.29. The van der Waals surface area contributed by atoms with Gasteiger partial charge in [0.05, 0.1) is 17.6 Å². The maximum Gasteiger partial charge on any atom is 0.338 e. The molecule has 7 nitrogen and oxygen atoms in total. The molecule has 2 aromatic rings. The fourth-order valence-electron chi connectivity index (χ4n) is 2.96. The van der Waals surface area contributed by atoms with Crippen LogP contribution in [0.5, 0.6) is 0 Å². The minimum Gasteiger partial charge on any atom is -0.465 e. The van der Waals surface area contributed by atoms with Gasteiger partial charge in [0.15, 0.2) is 0 Å². The molecule has 0 aliphatic carbocycles. The third kappa shape index (κ3) is 3.52. The first-order chi connectivity index (χ1) is 12.4. The van der Waals surface area contributed by atoms with Crippen LogP contribution in [0.4, 0.5) is 5.69 Å². The summed E-state index contributed by atoms with van der Waals surface area (Å²) in [5.41, 5.74) is 1.76. The molecule has 134 valence electrons. The van der Waals surface area contributed by atoms with Crippen molar-refractivity contribution in [2.75, 3.05) is 13.7 Å². The Bertz CT molecular complexity index is 912. The van der Waals surface area contributed by atoms with Crippen molar-refractivity contribution in [1.29, 1.82) is 0 Å². The highest BCUT2D eigenvalue weighted by Crippen LogP contribution is 2.25. The summed E-state index contributed by atoms with van der Waals surface area (Å²) >= 11 is 6.02. The maximum absolute atomic E-state index is 12.9. The SMILES string of the molecule is COC(=O)c1cc(C(=O)N2CCc3ccc(Cl)cc3C2)cc([N+](=O)[O-])c1. The second-order valence-electron chi connectivity index (χ2n) is 5.91. The molecule has 0 bridgehead atoms. The number of carbonyl (C=O) groups is 2. The molecular weight excluding hydrogens is 360 g/mol. The van der Waals surface area contributed by atoms with Crippen molar-refractivity contribution in [3.8, 4) is 0 Å². The first kappa shape index (κ1) is 17.9. The Morgan fingerprint density at radius 3 is 2.58 bits per heavy atom. The van der Waals surface area contributed by atoms with Crippen LogP contribution in [-0.2, 0) is 17.7 Å². The largest absolute Gasteiger partial charge is 0.465 e. The van der Waals surface area contributed by atoms with E-state index in [1.165, 1.54) is 19.2 Å². The zero-order valence-electron chi connectivity index (χ0n) is 13.9. The zero-order chi connectivity index (χ0) is 18.8. The Hall–Kier alpha value is -2.93. The van der Waals surface area contributed by atoms with Crippen LogP contribution in [-0.4, -0.2) is 35.4 Å². The number of nitro benzene ring substituents is 1. The van der Waals surface area contributed by atoms with E-state index in [1.807, 2.05) is 12.1 Å². The van der Waals surface area contributed by atoms with Crippen LogP contribution in [0.15, 0.2) is 36.4 Å². The number of carbonyl (C=O) groups excluding carboxylic acids is 2. The molecule has 26 heavy (non-hydrogen) atoms. The topological polar surface area (TPSA) is 89.8 Å². The molecule has 0 spiro atoms. The molecule has 0 radical (unpaired) electrons. The van der Waals surface area contributed by atoms with E-state index in [0.29, 0.717) is 24.5 Å². The summed E-state index contributed by atoms with van der Waals surface area (Å²) in [6.07, 6.45) is 0.664. The molecule has 0 unspecified atom stereocenters. The molecule has 0 fully saturated rings. The number of non-ortho nitro benzene ring substituents is 1. The summed E-state index contributed by atoms with van der Waals surface area (Å²) in [4.78, 5) is 36.7. The Balaban J connectivity index is 1.93. The van der Waals surface area contributed by atoms with Gasteiger partial charge in [0.25, 0.3) is 11.6 Å². The standard InChI is InChI=1S/C18H15ClN2O5/c1-26-18(23)13-6-12(8-16(9-13)21(24)25)17(22)20-5-4-11-2-3-15(19)7-14(11)10-20/h2-3,6-9H,4-5,10H2,1H3. The van der Waals surface area contributed by atoms with Crippen LogP contribution in [0.3, 0.4) is 0 Å². The van der Waals surface area contributed by atoms with Crippen LogP contribution in [0, 0.1) is 10.1 Å². The molecule has 0 atom stereocenters. The van der Waals surface area contributed by atoms with E-state index >= 15 is 0 Å². The molecule has 1 amide bonds. The Labute approximate surface area is 154 Å². The van der Waals surface area contributed by atoms with E-state index in [2.05, 4.69) is 4.74 Å². The number of nitro groups is 1. The van der Waals surface area contributed by atoms with Gasteiger partial charge >= 0.3 is 5.97 Å². The second-order valence-corrected chi connectivity index (χ2v) is 6.34. The zero-order valence-corrected chi connectivity index (χ0v) is 14.7. The predicted octanol–water partition coefficient (Wildman–Crippen LogP) is 3.23. The van der Waals surface area contributed by atoms with Crippen molar-refractivity contribution in [3.63, 3.8) is 0 Å². The number of ether oxygens (including phenoxy) is 1. The number of hydrogen-bond donors (Lipinski definition) is 0. The van der Waals surface area contributed by atoms with Crippen LogP contribution < -0.4 is 0 Å². The van der Waals surface area contributed by atoms with Crippen LogP contribution in [0.1, 0.15) is 31.8 Å². The highest BCUT2D eigenvalue weighted by Gasteiger charge is 2.25. The fraction of sp³-hybridized carbons (Fsp3) is 0.222. The molecule has 1 aliphatic heterocycles. The lowest BCUT2D eigenvalue weighted by molar-refractivity contribution is -0.384. The molecule has 0 aromatic heterocycles. The molecule has 1 heterocycles. The number of fused-ring (bicyclic) bond motifs is 1. The van der Waals surface area contributed by atoms with E-state index in [1.54, 1.807) is 11.0 Å². The summed E-state index contributed by atoms with van der Waals surface area (Å²) in [6, 6.07) is 9.12. The van der Waals surface area contributed by atoms with Crippen molar-refractivity contribution in [1.82, 2.24) is 4.90 Å². The predicted molar refractivity (Wildman–Crippen MR) is 94.3 cm³/mol. The number of benzene rings is 2. The van der Waals surface area contributed by atoms with Gasteiger partial charge in [-0.1, -0.05) is 17.7 Å². The number of nitrogens with zero attached hydrogens (tertiary/aromatic N) is 2. The van der Waals surface area contributed by atoms with Gasteiger partial charge in [-0.3, -0.25) is 14.9 Å². The highest BCUT2D eigenvalue weighted by molar-refractivity contribution is 6.30. The minimum absolute atomic E-state index is 0.0366. The lowest BCUT2D eigenvalue weighted by Crippen LogP contribution is -2.36. The molecule has 2 aromatic carbocycles. The van der Waals surface area contributed by atoms with Crippen LogP contribution >= 0.6 is 11.6 Å². The van der Waals surface area contributed by atoms with E-state index in [-0.39, 0.29) is 22.7 Å². The third-order valence-electron chi connectivity index (χ3n) is 4.26. The first-order valence-electron chi connectivity index (χ1n) is 7.83. The molecule has 8 heteroatoms. The number of hydrogen-bond acceptors (Lipinski definition) is 5. The summed E-state index contributed by atoms with van der Waals surface area (Å²) in [7, 11) is 1.17. The average Bonchev–Trinajstić information content (AvgIpc) is 2.65. The van der Waals surface area contributed by atoms with Gasteiger partial charge in [-0.2, -0.15) is 0 Å². The van der Waals surface area contributed by atoms with E-state index in [4.69, 9.17) is 11.6 Å². The number of rotatable bonds is 3. The Morgan fingerprint density at radius 1 is 1.15 bits per heavy atom. The van der Waals surface area contributed by atoms with Gasteiger partial charge in [-0.25, -0.2) is 4.79 Å². The summed E-state index contributed by atoms with van der Waals surface area (Å²) in [6.45, 7) is 0.828. The average molecular weight is 375 g/mol. The molecule has 0 N–H and O–H groups in total. The first-order valence-corrected chi connectivity index (χ1v) is 8.21. The van der Waals surface area contributed by atoms with Crippen molar-refractivity contribution in [2.24, 2.45) is 0 Å². The molecular formula is C18H15ClN2O5. The van der Waals surface area contributed by atoms with Gasteiger partial charge in [0, 0.05) is 35.8 Å². The highest BCUT2D eigenvalue weighted by atomic mass is 35.5. The van der Waals surface area contributed by atoms with Gasteiger partial charge < -0.3 is 9.64 Å². The normalized spacial score (nSPS) is 13.1. The van der Waals surface area contributed by atoms with Gasteiger partial charge in [-0.15, -0.1) is 0 Å². The quantitative estimate of drug-likeness (QED) is 0.467. The van der Waals surface area contributed by atoms with Gasteiger partial charge in [-0.05, 0) is 35.7 Å². The van der Waals surface area contributed by atoms with Crippen molar-refractivity contribution >= 4 is 29.2 Å². The lowest BCUT2D eigenvalue weighted by atomic mass is 9.99. The number of methoxy groups -OCH3 is 1. The summed E-state index contributed by atoms with van der Waals surface area (Å²) in [5, 5.41) is 11.7. The van der Waals surface area contributed by atoms with Crippen LogP contribution in [0.25, 0.3) is 0 Å². The molecule has 0 saturated carbocycles. The third-order valence-corrected chi connectivity index (χ3v) is 4.50. The summed E-state index contributed by atoms with van der Waals surface area (Å²) in [5.74, 6) is -1.12. The molecule has 3 rings (SSSR count). The van der Waals surface area contributed by atoms with Gasteiger partial charge in [0.2, 0.25) is 0 Å². The Morgan fingerprint density at radius 2 is 1.88 bits per heavy atom. The molecule has 0 saturated heterocycles. The Kier molecular flexibility index (Phi) is 4.90. The van der Waals surface area contributed by atoms with Crippen molar-refractivity contribution < 1.29 is 19.2 Å². The van der Waals surface area contributed by atoms with E-state index < -0.39 is 10.9 Å². The minimum atomic E-state index is -0.737. The summed E-state index contributed by atoms with van der Waals surface area (Å²) < 4.78 is 4.61.